The standard InChI is InChI=1S/C10H19NO3S/c1-9(6-12,7-13)11-8(14)10(2)4-3-5-15-10/h12-13H,3-7H2,1-2H3,(H,11,14). The van der Waals surface area contributed by atoms with Crippen LogP contribution in [0.3, 0.4) is 0 Å². The van der Waals surface area contributed by atoms with Gasteiger partial charge in [-0.15, -0.1) is 11.8 Å². The molecule has 1 fully saturated rings. The zero-order chi connectivity index (χ0) is 11.5. The number of hydrogen-bond acceptors (Lipinski definition) is 4. The third kappa shape index (κ3) is 2.86. The van der Waals surface area contributed by atoms with Crippen LogP contribution in [0.5, 0.6) is 0 Å². The molecule has 4 nitrogen and oxygen atoms in total. The summed E-state index contributed by atoms with van der Waals surface area (Å²) in [4.78, 5) is 11.9. The highest BCUT2D eigenvalue weighted by Gasteiger charge is 2.40. The van der Waals surface area contributed by atoms with Gasteiger partial charge < -0.3 is 15.5 Å². The van der Waals surface area contributed by atoms with Crippen molar-refractivity contribution in [3.63, 3.8) is 0 Å². The Morgan fingerprint density at radius 1 is 1.53 bits per heavy atom. The summed E-state index contributed by atoms with van der Waals surface area (Å²) in [5.74, 6) is 0.911. The molecule has 1 rings (SSSR count). The first-order valence-electron chi connectivity index (χ1n) is 5.14. The number of carbonyl (C=O) groups is 1. The maximum Gasteiger partial charge on any atom is 0.236 e. The second kappa shape index (κ2) is 4.72. The van der Waals surface area contributed by atoms with Gasteiger partial charge in [0.05, 0.1) is 23.5 Å². The summed E-state index contributed by atoms with van der Waals surface area (Å²) in [5, 5.41) is 20.9. The zero-order valence-corrected chi connectivity index (χ0v) is 10.1. The van der Waals surface area contributed by atoms with Crippen LogP contribution in [0.25, 0.3) is 0 Å². The molecule has 1 unspecified atom stereocenters. The summed E-state index contributed by atoms with van der Waals surface area (Å²) in [7, 11) is 0. The van der Waals surface area contributed by atoms with E-state index in [-0.39, 0.29) is 19.1 Å². The van der Waals surface area contributed by atoms with Crippen molar-refractivity contribution < 1.29 is 15.0 Å². The summed E-state index contributed by atoms with van der Waals surface area (Å²) in [6.45, 7) is 3.04. The van der Waals surface area contributed by atoms with Gasteiger partial charge in [-0.05, 0) is 32.4 Å². The molecule has 5 heteroatoms. The second-order valence-electron chi connectivity index (χ2n) is 4.51. The van der Waals surface area contributed by atoms with Crippen molar-refractivity contribution in [1.29, 1.82) is 0 Å². The average molecular weight is 233 g/mol. The summed E-state index contributed by atoms with van der Waals surface area (Å²) in [6, 6.07) is 0. The normalized spacial score (nSPS) is 26.7. The summed E-state index contributed by atoms with van der Waals surface area (Å²) in [6.07, 6.45) is 1.90. The van der Waals surface area contributed by atoms with Crippen LogP contribution >= 0.6 is 11.8 Å². The summed E-state index contributed by atoms with van der Waals surface area (Å²) >= 11 is 1.64. The van der Waals surface area contributed by atoms with Gasteiger partial charge in [-0.25, -0.2) is 0 Å². The molecule has 88 valence electrons. The van der Waals surface area contributed by atoms with Gasteiger partial charge >= 0.3 is 0 Å². The molecule has 15 heavy (non-hydrogen) atoms. The molecule has 0 spiro atoms. The number of thioether (sulfide) groups is 1. The molecule has 1 heterocycles. The highest BCUT2D eigenvalue weighted by molar-refractivity contribution is 8.01. The van der Waals surface area contributed by atoms with Crippen LogP contribution in [0.4, 0.5) is 0 Å². The predicted molar refractivity (Wildman–Crippen MR) is 60.8 cm³/mol. The second-order valence-corrected chi connectivity index (χ2v) is 6.11. The summed E-state index contributed by atoms with van der Waals surface area (Å²) in [5.41, 5.74) is -0.913. The van der Waals surface area contributed by atoms with Gasteiger partial charge in [-0.1, -0.05) is 0 Å². The molecule has 1 atom stereocenters. The fourth-order valence-corrected chi connectivity index (χ4v) is 2.70. The smallest absolute Gasteiger partial charge is 0.236 e. The van der Waals surface area contributed by atoms with Crippen LogP contribution in [0.1, 0.15) is 26.7 Å². The molecule has 1 saturated heterocycles. The lowest BCUT2D eigenvalue weighted by molar-refractivity contribution is -0.126. The Bertz CT molecular complexity index is 235. The van der Waals surface area contributed by atoms with Crippen LogP contribution in [-0.2, 0) is 4.79 Å². The molecule has 0 bridgehead atoms. The van der Waals surface area contributed by atoms with Crippen molar-refractivity contribution in [2.45, 2.75) is 37.0 Å². The van der Waals surface area contributed by atoms with E-state index >= 15 is 0 Å². The van der Waals surface area contributed by atoms with Crippen molar-refractivity contribution in [1.82, 2.24) is 5.32 Å². The van der Waals surface area contributed by atoms with Gasteiger partial charge in [0.25, 0.3) is 0 Å². The first-order valence-corrected chi connectivity index (χ1v) is 6.13. The minimum atomic E-state index is -0.913. The maximum absolute atomic E-state index is 11.9. The van der Waals surface area contributed by atoms with Gasteiger partial charge in [0.15, 0.2) is 0 Å². The molecule has 0 radical (unpaired) electrons. The average Bonchev–Trinajstić information content (AvgIpc) is 2.66. The largest absolute Gasteiger partial charge is 0.394 e. The van der Waals surface area contributed by atoms with Gasteiger partial charge in [-0.2, -0.15) is 0 Å². The van der Waals surface area contributed by atoms with E-state index in [1.54, 1.807) is 18.7 Å². The lowest BCUT2D eigenvalue weighted by Gasteiger charge is -2.31. The van der Waals surface area contributed by atoms with Crippen molar-refractivity contribution >= 4 is 17.7 Å². The van der Waals surface area contributed by atoms with Crippen LogP contribution in [-0.4, -0.2) is 45.4 Å². The number of aliphatic hydroxyl groups excluding tert-OH is 2. The van der Waals surface area contributed by atoms with Gasteiger partial charge in [-0.3, -0.25) is 4.79 Å². The Morgan fingerprint density at radius 2 is 2.13 bits per heavy atom. The number of rotatable bonds is 4. The minimum absolute atomic E-state index is 0.0874. The third-order valence-electron chi connectivity index (χ3n) is 2.81. The molecule has 0 aliphatic carbocycles. The molecule has 0 aromatic rings. The molecular formula is C10H19NO3S. The number of amides is 1. The van der Waals surface area contributed by atoms with E-state index < -0.39 is 10.3 Å². The number of aliphatic hydroxyl groups is 2. The van der Waals surface area contributed by atoms with Gasteiger partial charge in [0.2, 0.25) is 5.91 Å². The highest BCUT2D eigenvalue weighted by Crippen LogP contribution is 2.38. The van der Waals surface area contributed by atoms with Crippen molar-refractivity contribution in [3.05, 3.63) is 0 Å². The molecule has 3 N–H and O–H groups in total. The molecule has 0 saturated carbocycles. The fraction of sp³-hybridized carbons (Fsp3) is 0.900. The molecule has 0 aromatic heterocycles. The lowest BCUT2D eigenvalue weighted by Crippen LogP contribution is -2.56. The monoisotopic (exact) mass is 233 g/mol. The van der Waals surface area contributed by atoms with E-state index in [1.165, 1.54) is 0 Å². The van der Waals surface area contributed by atoms with Crippen LogP contribution in [0, 0.1) is 0 Å². The quantitative estimate of drug-likeness (QED) is 0.645. The minimum Gasteiger partial charge on any atom is -0.394 e. The van der Waals surface area contributed by atoms with Gasteiger partial charge in [0.1, 0.15) is 0 Å². The SMILES string of the molecule is CC(CO)(CO)NC(=O)C1(C)CCCS1. The van der Waals surface area contributed by atoms with E-state index in [1.807, 2.05) is 6.92 Å². The predicted octanol–water partition coefficient (Wildman–Crippen LogP) is 0.132. The van der Waals surface area contributed by atoms with E-state index in [0.29, 0.717) is 0 Å². The van der Waals surface area contributed by atoms with E-state index in [2.05, 4.69) is 5.32 Å². The highest BCUT2D eigenvalue weighted by atomic mass is 32.2. The number of hydrogen-bond donors (Lipinski definition) is 3. The van der Waals surface area contributed by atoms with E-state index in [4.69, 9.17) is 10.2 Å². The Morgan fingerprint density at radius 3 is 2.53 bits per heavy atom. The molecule has 1 amide bonds. The van der Waals surface area contributed by atoms with Gasteiger partial charge in [0, 0.05) is 0 Å². The number of nitrogens with one attached hydrogen (secondary N) is 1. The van der Waals surface area contributed by atoms with Crippen LogP contribution < -0.4 is 5.32 Å². The zero-order valence-electron chi connectivity index (χ0n) is 9.25. The van der Waals surface area contributed by atoms with Crippen molar-refractivity contribution in [2.75, 3.05) is 19.0 Å². The van der Waals surface area contributed by atoms with Crippen molar-refractivity contribution in [2.24, 2.45) is 0 Å². The fourth-order valence-electron chi connectivity index (χ4n) is 1.49. The molecule has 1 aliphatic heterocycles. The van der Waals surface area contributed by atoms with E-state index in [0.717, 1.165) is 18.6 Å². The molecule has 0 aromatic carbocycles. The van der Waals surface area contributed by atoms with Crippen LogP contribution in [0.15, 0.2) is 0 Å². The Labute approximate surface area is 94.4 Å². The molecule has 1 aliphatic rings. The van der Waals surface area contributed by atoms with Crippen LogP contribution in [0.2, 0.25) is 0 Å². The first kappa shape index (κ1) is 12.8. The molecular weight excluding hydrogens is 214 g/mol. The lowest BCUT2D eigenvalue weighted by atomic mass is 10.0. The van der Waals surface area contributed by atoms with E-state index in [9.17, 15) is 4.79 Å². The first-order chi connectivity index (χ1) is 6.96. The maximum atomic E-state index is 11.9. The Kier molecular flexibility index (Phi) is 4.03. The Balaban J connectivity index is 2.61. The number of carbonyl (C=O) groups excluding carboxylic acids is 1. The third-order valence-corrected chi connectivity index (χ3v) is 4.33. The van der Waals surface area contributed by atoms with Crippen molar-refractivity contribution in [3.8, 4) is 0 Å². The Hall–Kier alpha value is -0.260. The summed E-state index contributed by atoms with van der Waals surface area (Å²) < 4.78 is -0.397. The topological polar surface area (TPSA) is 69.6 Å².